The van der Waals surface area contributed by atoms with Gasteiger partial charge in [0.05, 0.1) is 4.90 Å². The fraction of sp³-hybridized carbons (Fsp3) is 0.240. The Morgan fingerprint density at radius 2 is 1.62 bits per heavy atom. The molecule has 1 amide bonds. The Morgan fingerprint density at radius 1 is 0.938 bits per heavy atom. The number of aryl methyl sites for hydroxylation is 1. The summed E-state index contributed by atoms with van der Waals surface area (Å²) < 4.78 is 28.1. The van der Waals surface area contributed by atoms with Crippen LogP contribution >= 0.6 is 0 Å². The monoisotopic (exact) mass is 451 g/mol. The molecule has 0 unspecified atom stereocenters. The van der Waals surface area contributed by atoms with Crippen LogP contribution in [-0.2, 0) is 16.4 Å². The lowest BCUT2D eigenvalue weighted by Gasteiger charge is -2.25. The number of carbonyl (C=O) groups is 1. The first-order valence-corrected chi connectivity index (χ1v) is 11.9. The Hall–Kier alpha value is -3.16. The van der Waals surface area contributed by atoms with Crippen LogP contribution in [-0.4, -0.2) is 45.9 Å². The molecule has 0 aromatic heterocycles. The SMILES string of the molecule is Cc1ccc(NS(=O)(=O)c2cccc(C(=O)NC[C@@H](Cc3ccccc3)N(C)C)c2)cc1. The number of likely N-dealkylation sites (N-methyl/N-ethyl adjacent to an activating group) is 1. The summed E-state index contributed by atoms with van der Waals surface area (Å²) in [5, 5.41) is 2.94. The Kier molecular flexibility index (Phi) is 7.66. The number of nitrogens with zero attached hydrogens (tertiary/aromatic N) is 1. The van der Waals surface area contributed by atoms with Crippen molar-refractivity contribution < 1.29 is 13.2 Å². The zero-order valence-corrected chi connectivity index (χ0v) is 19.4. The van der Waals surface area contributed by atoms with E-state index >= 15 is 0 Å². The van der Waals surface area contributed by atoms with E-state index in [0.29, 0.717) is 17.8 Å². The number of carbonyl (C=O) groups excluding carboxylic acids is 1. The van der Waals surface area contributed by atoms with Gasteiger partial charge in [0.1, 0.15) is 0 Å². The summed E-state index contributed by atoms with van der Waals surface area (Å²) in [5.74, 6) is -0.308. The molecule has 0 spiro atoms. The van der Waals surface area contributed by atoms with Gasteiger partial charge in [-0.15, -0.1) is 0 Å². The normalized spacial score (nSPS) is 12.4. The minimum absolute atomic E-state index is 0.0409. The lowest BCUT2D eigenvalue weighted by atomic mass is 10.1. The molecule has 0 radical (unpaired) electrons. The third-order valence-corrected chi connectivity index (χ3v) is 6.63. The zero-order valence-electron chi connectivity index (χ0n) is 18.6. The average Bonchev–Trinajstić information content (AvgIpc) is 2.78. The molecule has 32 heavy (non-hydrogen) atoms. The topological polar surface area (TPSA) is 78.5 Å². The van der Waals surface area contributed by atoms with Gasteiger partial charge in [-0.05, 0) is 63.3 Å². The van der Waals surface area contributed by atoms with Gasteiger partial charge in [0.15, 0.2) is 0 Å². The van der Waals surface area contributed by atoms with E-state index < -0.39 is 10.0 Å². The second-order valence-electron chi connectivity index (χ2n) is 8.02. The molecule has 3 aromatic carbocycles. The van der Waals surface area contributed by atoms with Crippen LogP contribution in [0.5, 0.6) is 0 Å². The van der Waals surface area contributed by atoms with E-state index in [2.05, 4.69) is 27.1 Å². The summed E-state index contributed by atoms with van der Waals surface area (Å²) in [6, 6.07) is 23.3. The lowest BCUT2D eigenvalue weighted by Crippen LogP contribution is -2.41. The zero-order chi connectivity index (χ0) is 23.1. The van der Waals surface area contributed by atoms with Crippen molar-refractivity contribution in [1.82, 2.24) is 10.2 Å². The van der Waals surface area contributed by atoms with Crippen molar-refractivity contribution in [2.45, 2.75) is 24.3 Å². The van der Waals surface area contributed by atoms with E-state index in [1.165, 1.54) is 17.7 Å². The first kappa shape index (κ1) is 23.5. The van der Waals surface area contributed by atoms with Crippen LogP contribution in [0.2, 0.25) is 0 Å². The molecule has 1 atom stereocenters. The van der Waals surface area contributed by atoms with Gasteiger partial charge >= 0.3 is 0 Å². The summed E-state index contributed by atoms with van der Waals surface area (Å²) in [5.41, 5.74) is 3.00. The lowest BCUT2D eigenvalue weighted by molar-refractivity contribution is 0.0941. The number of benzene rings is 3. The van der Waals surface area contributed by atoms with Crippen LogP contribution < -0.4 is 10.0 Å². The quantitative estimate of drug-likeness (QED) is 0.520. The van der Waals surface area contributed by atoms with Gasteiger partial charge in [-0.3, -0.25) is 9.52 Å². The van der Waals surface area contributed by atoms with E-state index in [4.69, 9.17) is 0 Å². The molecule has 3 rings (SSSR count). The van der Waals surface area contributed by atoms with Gasteiger partial charge < -0.3 is 10.2 Å². The maximum atomic E-state index is 12.8. The maximum Gasteiger partial charge on any atom is 0.261 e. The molecular weight excluding hydrogens is 422 g/mol. The van der Waals surface area contributed by atoms with Crippen LogP contribution in [0.4, 0.5) is 5.69 Å². The van der Waals surface area contributed by atoms with Crippen LogP contribution in [0.1, 0.15) is 21.5 Å². The molecule has 0 aliphatic rings. The van der Waals surface area contributed by atoms with E-state index in [0.717, 1.165) is 12.0 Å². The molecule has 6 nitrogen and oxygen atoms in total. The molecule has 3 aromatic rings. The van der Waals surface area contributed by atoms with Crippen molar-refractivity contribution in [2.24, 2.45) is 0 Å². The predicted molar refractivity (Wildman–Crippen MR) is 128 cm³/mol. The number of hydrogen-bond acceptors (Lipinski definition) is 4. The van der Waals surface area contributed by atoms with Gasteiger partial charge in [-0.2, -0.15) is 0 Å². The summed E-state index contributed by atoms with van der Waals surface area (Å²) in [6.45, 7) is 2.38. The molecule has 0 aliphatic carbocycles. The fourth-order valence-corrected chi connectivity index (χ4v) is 4.38. The van der Waals surface area contributed by atoms with Gasteiger partial charge in [0, 0.05) is 23.8 Å². The standard InChI is InChI=1S/C25H29N3O3S/c1-19-12-14-22(15-13-19)27-32(30,31)24-11-7-10-21(17-24)25(29)26-18-23(28(2)3)16-20-8-5-4-6-9-20/h4-15,17,23,27H,16,18H2,1-3H3,(H,26,29)/t23-/m1/s1. The molecule has 0 fully saturated rings. The van der Waals surface area contributed by atoms with Gasteiger partial charge in [-0.1, -0.05) is 54.1 Å². The highest BCUT2D eigenvalue weighted by molar-refractivity contribution is 7.92. The van der Waals surface area contributed by atoms with E-state index in [-0.39, 0.29) is 16.8 Å². The van der Waals surface area contributed by atoms with Crippen LogP contribution in [0, 0.1) is 6.92 Å². The molecule has 2 N–H and O–H groups in total. The first-order valence-electron chi connectivity index (χ1n) is 10.4. The molecule has 7 heteroatoms. The van der Waals surface area contributed by atoms with Crippen molar-refractivity contribution in [2.75, 3.05) is 25.4 Å². The molecule has 0 bridgehead atoms. The van der Waals surface area contributed by atoms with Crippen molar-refractivity contribution in [3.05, 3.63) is 95.6 Å². The van der Waals surface area contributed by atoms with E-state index in [1.807, 2.05) is 51.4 Å². The average molecular weight is 452 g/mol. The van der Waals surface area contributed by atoms with Crippen LogP contribution in [0.25, 0.3) is 0 Å². The van der Waals surface area contributed by atoms with Gasteiger partial charge in [-0.25, -0.2) is 8.42 Å². The minimum Gasteiger partial charge on any atom is -0.350 e. The van der Waals surface area contributed by atoms with E-state index in [9.17, 15) is 13.2 Å². The number of nitrogens with one attached hydrogen (secondary N) is 2. The second-order valence-corrected chi connectivity index (χ2v) is 9.70. The number of rotatable bonds is 9. The number of hydrogen-bond donors (Lipinski definition) is 2. The molecule has 0 heterocycles. The smallest absolute Gasteiger partial charge is 0.261 e. The predicted octanol–water partition coefficient (Wildman–Crippen LogP) is 3.70. The summed E-state index contributed by atoms with van der Waals surface area (Å²) in [7, 11) is 0.146. The van der Waals surface area contributed by atoms with Crippen LogP contribution in [0.3, 0.4) is 0 Å². The Morgan fingerprint density at radius 3 is 2.28 bits per heavy atom. The molecular formula is C25H29N3O3S. The van der Waals surface area contributed by atoms with Crippen molar-refractivity contribution >= 4 is 21.6 Å². The van der Waals surface area contributed by atoms with Crippen LogP contribution in [0.15, 0.2) is 83.8 Å². The molecule has 0 saturated heterocycles. The first-order chi connectivity index (χ1) is 15.2. The summed E-state index contributed by atoms with van der Waals surface area (Å²) >= 11 is 0. The Bertz CT molecular complexity index is 1140. The second kappa shape index (κ2) is 10.4. The maximum absolute atomic E-state index is 12.8. The van der Waals surface area contributed by atoms with Crippen molar-refractivity contribution in [1.29, 1.82) is 0 Å². The Balaban J connectivity index is 1.68. The fourth-order valence-electron chi connectivity index (χ4n) is 3.28. The third-order valence-electron chi connectivity index (χ3n) is 5.25. The number of amides is 1. The Labute approximate surface area is 190 Å². The number of anilines is 1. The third kappa shape index (κ3) is 6.42. The molecule has 0 aliphatic heterocycles. The van der Waals surface area contributed by atoms with Crippen molar-refractivity contribution in [3.63, 3.8) is 0 Å². The minimum atomic E-state index is -3.81. The van der Waals surface area contributed by atoms with Crippen molar-refractivity contribution in [3.8, 4) is 0 Å². The highest BCUT2D eigenvalue weighted by Crippen LogP contribution is 2.18. The molecule has 168 valence electrons. The van der Waals surface area contributed by atoms with E-state index in [1.54, 1.807) is 24.3 Å². The highest BCUT2D eigenvalue weighted by atomic mass is 32.2. The number of sulfonamides is 1. The molecule has 0 saturated carbocycles. The van der Waals surface area contributed by atoms with Gasteiger partial charge in [0.25, 0.3) is 15.9 Å². The summed E-state index contributed by atoms with van der Waals surface area (Å²) in [4.78, 5) is 14.9. The van der Waals surface area contributed by atoms with Gasteiger partial charge in [0.2, 0.25) is 0 Å². The highest BCUT2D eigenvalue weighted by Gasteiger charge is 2.18. The summed E-state index contributed by atoms with van der Waals surface area (Å²) in [6.07, 6.45) is 0.795. The largest absolute Gasteiger partial charge is 0.350 e.